The summed E-state index contributed by atoms with van der Waals surface area (Å²) in [5.41, 5.74) is 2.00. The van der Waals surface area contributed by atoms with Crippen molar-refractivity contribution in [3.8, 4) is 17.6 Å². The van der Waals surface area contributed by atoms with E-state index >= 15 is 0 Å². The van der Waals surface area contributed by atoms with Gasteiger partial charge in [-0.05, 0) is 36.6 Å². The van der Waals surface area contributed by atoms with Gasteiger partial charge in [0.25, 0.3) is 17.7 Å². The van der Waals surface area contributed by atoms with Crippen LogP contribution in [0.1, 0.15) is 57.5 Å². The van der Waals surface area contributed by atoms with Gasteiger partial charge in [0, 0.05) is 61.8 Å². The molecule has 1 N–H and O–H groups in total. The number of likely N-dealkylation sites (tertiary alicyclic amines) is 1. The first-order chi connectivity index (χ1) is 18.2. The number of nitro benzene ring substituents is 1. The fraction of sp³-hybridized carbons (Fsp3) is 0.333. The monoisotopic (exact) mass is 518 g/mol. The van der Waals surface area contributed by atoms with Crippen LogP contribution in [0.4, 0.5) is 5.69 Å². The molecule has 0 aromatic heterocycles. The lowest BCUT2D eigenvalue weighted by molar-refractivity contribution is -0.385. The van der Waals surface area contributed by atoms with Crippen LogP contribution < -0.4 is 10.1 Å². The average molecular weight is 519 g/mol. The first-order valence-electron chi connectivity index (χ1n) is 12.1. The Morgan fingerprint density at radius 3 is 2.76 bits per heavy atom. The van der Waals surface area contributed by atoms with Crippen LogP contribution in [0.15, 0.2) is 36.4 Å². The Balaban J connectivity index is 1.33. The fourth-order valence-corrected chi connectivity index (χ4v) is 4.52. The van der Waals surface area contributed by atoms with Gasteiger partial charge in [-0.1, -0.05) is 17.9 Å². The van der Waals surface area contributed by atoms with Gasteiger partial charge < -0.3 is 15.0 Å². The second-order valence-electron chi connectivity index (χ2n) is 8.92. The molecule has 4 amide bonds. The van der Waals surface area contributed by atoms with E-state index in [9.17, 15) is 29.3 Å². The minimum absolute atomic E-state index is 0.00863. The Morgan fingerprint density at radius 2 is 2.03 bits per heavy atom. The third-order valence-corrected chi connectivity index (χ3v) is 6.62. The number of fused-ring (bicyclic) bond motifs is 1. The first kappa shape index (κ1) is 26.3. The van der Waals surface area contributed by atoms with E-state index < -0.39 is 11.0 Å². The number of likely N-dealkylation sites (N-methyl/N-ethyl adjacent to an activating group) is 1. The molecule has 2 aromatic carbocycles. The predicted molar refractivity (Wildman–Crippen MR) is 135 cm³/mol. The molecule has 38 heavy (non-hydrogen) atoms. The number of benzene rings is 2. The molecule has 2 heterocycles. The molecule has 11 heteroatoms. The maximum Gasteiger partial charge on any atom is 0.310 e. The number of unbranched alkanes of at least 4 members (excludes halogenated alkanes) is 1. The molecule has 1 atom stereocenters. The third-order valence-electron chi connectivity index (χ3n) is 6.62. The van der Waals surface area contributed by atoms with E-state index in [2.05, 4.69) is 17.2 Å². The average Bonchev–Trinajstić information content (AvgIpc) is 3.25. The number of nitro groups is 1. The third kappa shape index (κ3) is 5.20. The predicted octanol–water partition coefficient (Wildman–Crippen LogP) is 2.27. The number of hydrogen-bond donors (Lipinski definition) is 1. The van der Waals surface area contributed by atoms with Crippen molar-refractivity contribution in [3.63, 3.8) is 0 Å². The Hall–Kier alpha value is -4.72. The van der Waals surface area contributed by atoms with E-state index in [4.69, 9.17) is 4.74 Å². The number of carbonyl (C=O) groups excluding carboxylic acids is 4. The smallest absolute Gasteiger partial charge is 0.310 e. The van der Waals surface area contributed by atoms with Crippen molar-refractivity contribution in [1.82, 2.24) is 15.1 Å². The van der Waals surface area contributed by atoms with Crippen LogP contribution in [0.3, 0.4) is 0 Å². The topological polar surface area (TPSA) is 139 Å². The minimum Gasteiger partial charge on any atom is -0.490 e. The highest BCUT2D eigenvalue weighted by Gasteiger charge is 2.41. The van der Waals surface area contributed by atoms with Crippen molar-refractivity contribution in [3.05, 3.63) is 68.8 Å². The molecule has 0 aliphatic carbocycles. The summed E-state index contributed by atoms with van der Waals surface area (Å²) < 4.78 is 4.99. The molecular formula is C27H26N4O7. The molecule has 11 nitrogen and oxygen atoms in total. The number of nitrogens with one attached hydrogen (secondary N) is 1. The van der Waals surface area contributed by atoms with Gasteiger partial charge in [-0.3, -0.25) is 34.2 Å². The van der Waals surface area contributed by atoms with E-state index in [0.29, 0.717) is 36.9 Å². The van der Waals surface area contributed by atoms with Gasteiger partial charge >= 0.3 is 5.69 Å². The highest BCUT2D eigenvalue weighted by Crippen LogP contribution is 2.31. The van der Waals surface area contributed by atoms with Crippen LogP contribution >= 0.6 is 0 Å². The normalized spacial score (nSPS) is 16.6. The van der Waals surface area contributed by atoms with Gasteiger partial charge in [-0.15, -0.1) is 0 Å². The lowest BCUT2D eigenvalue weighted by atomic mass is 10.0. The maximum atomic E-state index is 13.0. The molecule has 0 saturated carbocycles. The molecule has 1 saturated heterocycles. The Kier molecular flexibility index (Phi) is 7.71. The molecule has 0 radical (unpaired) electrons. The summed E-state index contributed by atoms with van der Waals surface area (Å²) in [4.78, 5) is 62.8. The standard InChI is InChI=1S/C27H26N4O7/c1-29-24(32)13-12-22(27(29)35)30-16-20-17(8-6-9-19(20)26(30)34)7-4-3-5-14-28-25(33)18-10-11-21(31(36)37)23(15-18)38-2/h6,8-11,15,22H,3,5,12-14,16H2,1-2H3,(H,28,33). The molecule has 196 valence electrons. The summed E-state index contributed by atoms with van der Waals surface area (Å²) in [6, 6.07) is 8.54. The largest absolute Gasteiger partial charge is 0.490 e. The molecule has 0 bridgehead atoms. The van der Waals surface area contributed by atoms with Crippen LogP contribution in [0.5, 0.6) is 5.75 Å². The number of ether oxygens (including phenoxy) is 1. The number of nitrogens with zero attached hydrogens (tertiary/aromatic N) is 3. The summed E-state index contributed by atoms with van der Waals surface area (Å²) >= 11 is 0. The number of hydrogen-bond acceptors (Lipinski definition) is 7. The molecule has 1 unspecified atom stereocenters. The van der Waals surface area contributed by atoms with Crippen LogP contribution in [-0.4, -0.2) is 65.1 Å². The molecule has 1 fully saturated rings. The number of rotatable bonds is 7. The van der Waals surface area contributed by atoms with Gasteiger partial charge in [-0.2, -0.15) is 0 Å². The second kappa shape index (κ2) is 11.1. The van der Waals surface area contributed by atoms with Crippen molar-refractivity contribution in [1.29, 1.82) is 0 Å². The zero-order valence-corrected chi connectivity index (χ0v) is 21.0. The summed E-state index contributed by atoms with van der Waals surface area (Å²) in [5.74, 6) is 4.94. The maximum absolute atomic E-state index is 13.0. The van der Waals surface area contributed by atoms with Crippen LogP contribution in [0.25, 0.3) is 0 Å². The molecule has 4 rings (SSSR count). The number of amides is 4. The first-order valence-corrected chi connectivity index (χ1v) is 12.1. The van der Waals surface area contributed by atoms with Crippen molar-refractivity contribution in [2.24, 2.45) is 0 Å². The molecule has 2 aliphatic rings. The number of piperidine rings is 1. The van der Waals surface area contributed by atoms with Gasteiger partial charge in [0.1, 0.15) is 6.04 Å². The number of methoxy groups -OCH3 is 1. The van der Waals surface area contributed by atoms with E-state index in [1.807, 2.05) is 6.07 Å². The van der Waals surface area contributed by atoms with Crippen molar-refractivity contribution in [2.75, 3.05) is 20.7 Å². The molecular weight excluding hydrogens is 492 g/mol. The van der Waals surface area contributed by atoms with Crippen molar-refractivity contribution >= 4 is 29.3 Å². The minimum atomic E-state index is -0.669. The quantitative estimate of drug-likeness (QED) is 0.195. The van der Waals surface area contributed by atoms with Crippen LogP contribution in [0, 0.1) is 22.0 Å². The highest BCUT2D eigenvalue weighted by atomic mass is 16.6. The van der Waals surface area contributed by atoms with Gasteiger partial charge in [0.2, 0.25) is 5.91 Å². The van der Waals surface area contributed by atoms with E-state index in [0.717, 1.165) is 10.5 Å². The zero-order valence-electron chi connectivity index (χ0n) is 21.0. The molecule has 2 aromatic rings. The summed E-state index contributed by atoms with van der Waals surface area (Å²) in [7, 11) is 2.74. The summed E-state index contributed by atoms with van der Waals surface area (Å²) in [6.07, 6.45) is 1.58. The SMILES string of the molecule is COc1cc(C(=O)NCCCC#Cc2cccc3c2CN(C2CCC(=O)N(C)C2=O)C3=O)ccc1[N+](=O)[O-]. The van der Waals surface area contributed by atoms with Crippen LogP contribution in [0.2, 0.25) is 0 Å². The van der Waals surface area contributed by atoms with Crippen LogP contribution in [-0.2, 0) is 16.1 Å². The Morgan fingerprint density at radius 1 is 1.24 bits per heavy atom. The number of carbonyl (C=O) groups is 4. The van der Waals surface area contributed by atoms with E-state index in [-0.39, 0.29) is 53.6 Å². The summed E-state index contributed by atoms with van der Waals surface area (Å²) in [5, 5.41) is 13.8. The number of imide groups is 1. The van der Waals surface area contributed by atoms with Gasteiger partial charge in [-0.25, -0.2) is 0 Å². The lowest BCUT2D eigenvalue weighted by Gasteiger charge is -2.33. The second-order valence-corrected chi connectivity index (χ2v) is 8.92. The fourth-order valence-electron chi connectivity index (χ4n) is 4.52. The Bertz CT molecular complexity index is 1390. The van der Waals surface area contributed by atoms with Gasteiger partial charge in [0.15, 0.2) is 5.75 Å². The molecule has 0 spiro atoms. The summed E-state index contributed by atoms with van der Waals surface area (Å²) in [6.45, 7) is 0.605. The van der Waals surface area contributed by atoms with Crippen molar-refractivity contribution < 1.29 is 28.8 Å². The molecule has 2 aliphatic heterocycles. The lowest BCUT2D eigenvalue weighted by Crippen LogP contribution is -2.53. The van der Waals surface area contributed by atoms with Crippen molar-refractivity contribution in [2.45, 2.75) is 38.3 Å². The van der Waals surface area contributed by atoms with E-state index in [1.54, 1.807) is 12.1 Å². The highest BCUT2D eigenvalue weighted by molar-refractivity contribution is 6.05. The van der Waals surface area contributed by atoms with E-state index in [1.165, 1.54) is 37.3 Å². The van der Waals surface area contributed by atoms with Gasteiger partial charge in [0.05, 0.1) is 12.0 Å². The zero-order chi connectivity index (χ0) is 27.4. The Labute approximate surface area is 218 Å².